The van der Waals surface area contributed by atoms with E-state index in [0.717, 1.165) is 12.1 Å². The van der Waals surface area contributed by atoms with Crippen LogP contribution in [0.15, 0.2) is 48.5 Å². The molecule has 3 nitrogen and oxygen atoms in total. The molecule has 3 rings (SSSR count). The molecule has 2 aromatic carbocycles. The number of carbonyl (C=O) groups excluding carboxylic acids is 1. The van der Waals surface area contributed by atoms with Crippen LogP contribution in [0.25, 0.3) is 22.6 Å². The first-order chi connectivity index (χ1) is 11.4. The Morgan fingerprint density at radius 1 is 0.917 bits per heavy atom. The number of alkyl halides is 3. The maximum absolute atomic E-state index is 13.0. The molecule has 0 saturated heterocycles. The van der Waals surface area contributed by atoms with Gasteiger partial charge in [0.2, 0.25) is 0 Å². The van der Waals surface area contributed by atoms with E-state index in [9.17, 15) is 22.4 Å². The third kappa shape index (κ3) is 3.05. The van der Waals surface area contributed by atoms with Gasteiger partial charge in [-0.05, 0) is 36.4 Å². The van der Waals surface area contributed by atoms with Gasteiger partial charge in [0.25, 0.3) is 0 Å². The van der Waals surface area contributed by atoms with Crippen molar-refractivity contribution in [2.75, 3.05) is 0 Å². The van der Waals surface area contributed by atoms with Gasteiger partial charge in [-0.3, -0.25) is 4.79 Å². The fourth-order valence-electron chi connectivity index (χ4n) is 2.25. The summed E-state index contributed by atoms with van der Waals surface area (Å²) in [4.78, 5) is 18.2. The molecule has 1 aromatic heterocycles. The summed E-state index contributed by atoms with van der Waals surface area (Å²) >= 11 is 0. The molecule has 0 aliphatic rings. The number of aromatic amines is 1. The molecular formula is C17H10F4N2O. The predicted octanol–water partition coefficient (Wildman–Crippen LogP) is 4.71. The van der Waals surface area contributed by atoms with E-state index in [0.29, 0.717) is 23.1 Å². The molecule has 0 unspecified atom stereocenters. The van der Waals surface area contributed by atoms with Crippen LogP contribution in [-0.2, 0) is 6.18 Å². The highest BCUT2D eigenvalue weighted by atomic mass is 19.4. The molecule has 0 amide bonds. The second-order valence-corrected chi connectivity index (χ2v) is 5.05. The number of imidazole rings is 1. The minimum atomic E-state index is -4.42. The summed E-state index contributed by atoms with van der Waals surface area (Å²) in [6.07, 6.45) is -3.87. The first kappa shape index (κ1) is 15.9. The monoisotopic (exact) mass is 334 g/mol. The number of halogens is 4. The number of aromatic nitrogens is 2. The Bertz CT molecular complexity index is 865. The molecule has 0 bridgehead atoms. The SMILES string of the molecule is O=Cc1[nH]c(-c2ccc(C(F)(F)F)cc2)nc1-c1ccc(F)cc1. The standard InChI is InChI=1S/C17H10F4N2O/c18-13-7-3-10(4-8-13)15-14(9-24)22-16(23-15)11-1-5-12(6-2-11)17(19,20)21/h1-9H,(H,22,23). The quantitative estimate of drug-likeness (QED) is 0.557. The minimum absolute atomic E-state index is 0.163. The average Bonchev–Trinajstić information content (AvgIpc) is 2.99. The van der Waals surface area contributed by atoms with Crippen molar-refractivity contribution in [1.29, 1.82) is 0 Å². The van der Waals surface area contributed by atoms with Gasteiger partial charge >= 0.3 is 6.18 Å². The molecule has 7 heteroatoms. The molecule has 0 radical (unpaired) electrons. The lowest BCUT2D eigenvalue weighted by molar-refractivity contribution is -0.137. The Morgan fingerprint density at radius 3 is 2.04 bits per heavy atom. The Hall–Kier alpha value is -2.96. The van der Waals surface area contributed by atoms with Crippen molar-refractivity contribution in [1.82, 2.24) is 9.97 Å². The van der Waals surface area contributed by atoms with Crippen LogP contribution in [0.5, 0.6) is 0 Å². The summed E-state index contributed by atoms with van der Waals surface area (Å²) in [5.41, 5.74) is 0.621. The lowest BCUT2D eigenvalue weighted by Gasteiger charge is -2.06. The lowest BCUT2D eigenvalue weighted by atomic mass is 10.1. The summed E-state index contributed by atoms with van der Waals surface area (Å²) < 4.78 is 50.8. The number of hydrogen-bond donors (Lipinski definition) is 1. The number of aldehydes is 1. The van der Waals surface area contributed by atoms with E-state index in [4.69, 9.17) is 0 Å². The number of nitrogens with one attached hydrogen (secondary N) is 1. The van der Waals surface area contributed by atoms with E-state index < -0.39 is 17.6 Å². The third-order valence-corrected chi connectivity index (χ3v) is 3.45. The number of H-pyrrole nitrogens is 1. The molecular weight excluding hydrogens is 324 g/mol. The van der Waals surface area contributed by atoms with Gasteiger partial charge in [0.1, 0.15) is 17.3 Å². The van der Waals surface area contributed by atoms with Gasteiger partial charge in [0.05, 0.1) is 11.3 Å². The molecule has 24 heavy (non-hydrogen) atoms. The molecule has 1 N–H and O–H groups in total. The highest BCUT2D eigenvalue weighted by molar-refractivity contribution is 5.85. The summed E-state index contributed by atoms with van der Waals surface area (Å²) in [5.74, 6) is -0.171. The van der Waals surface area contributed by atoms with Crippen LogP contribution >= 0.6 is 0 Å². The van der Waals surface area contributed by atoms with Crippen molar-refractivity contribution >= 4 is 6.29 Å². The molecule has 3 aromatic rings. The normalized spacial score (nSPS) is 11.5. The van der Waals surface area contributed by atoms with E-state index in [1.807, 2.05) is 0 Å². The van der Waals surface area contributed by atoms with Crippen LogP contribution in [0.3, 0.4) is 0 Å². The average molecular weight is 334 g/mol. The number of benzene rings is 2. The molecule has 0 fully saturated rings. The second kappa shape index (κ2) is 5.92. The van der Waals surface area contributed by atoms with Crippen molar-refractivity contribution in [3.05, 3.63) is 65.6 Å². The van der Waals surface area contributed by atoms with Crippen molar-refractivity contribution in [2.24, 2.45) is 0 Å². The zero-order valence-corrected chi connectivity index (χ0v) is 12.1. The smallest absolute Gasteiger partial charge is 0.335 e. The fourth-order valence-corrected chi connectivity index (χ4v) is 2.25. The van der Waals surface area contributed by atoms with Crippen LogP contribution in [0.2, 0.25) is 0 Å². The molecule has 0 aliphatic heterocycles. The van der Waals surface area contributed by atoms with Gasteiger partial charge in [-0.25, -0.2) is 9.37 Å². The van der Waals surface area contributed by atoms with Crippen LogP contribution in [0, 0.1) is 5.82 Å². The highest BCUT2D eigenvalue weighted by Gasteiger charge is 2.30. The van der Waals surface area contributed by atoms with E-state index in [2.05, 4.69) is 9.97 Å². The first-order valence-electron chi connectivity index (χ1n) is 6.87. The lowest BCUT2D eigenvalue weighted by Crippen LogP contribution is -2.04. The number of hydrogen-bond acceptors (Lipinski definition) is 2. The molecule has 0 atom stereocenters. The van der Waals surface area contributed by atoms with Gasteiger partial charge in [0, 0.05) is 11.1 Å². The summed E-state index contributed by atoms with van der Waals surface area (Å²) in [6, 6.07) is 9.82. The summed E-state index contributed by atoms with van der Waals surface area (Å²) in [5, 5.41) is 0. The van der Waals surface area contributed by atoms with Crippen molar-refractivity contribution in [3.63, 3.8) is 0 Å². The zero-order chi connectivity index (χ0) is 17.3. The second-order valence-electron chi connectivity index (χ2n) is 5.05. The van der Waals surface area contributed by atoms with E-state index in [-0.39, 0.29) is 11.5 Å². The topological polar surface area (TPSA) is 45.8 Å². The number of nitrogens with zero attached hydrogens (tertiary/aromatic N) is 1. The maximum atomic E-state index is 13.0. The summed E-state index contributed by atoms with van der Waals surface area (Å²) in [6.45, 7) is 0. The molecule has 0 aliphatic carbocycles. The maximum Gasteiger partial charge on any atom is 0.416 e. The van der Waals surface area contributed by atoms with Gasteiger partial charge in [-0.15, -0.1) is 0 Å². The van der Waals surface area contributed by atoms with Crippen molar-refractivity contribution in [3.8, 4) is 22.6 Å². The van der Waals surface area contributed by atoms with E-state index in [1.165, 1.54) is 36.4 Å². The van der Waals surface area contributed by atoms with Crippen molar-refractivity contribution < 1.29 is 22.4 Å². The third-order valence-electron chi connectivity index (χ3n) is 3.45. The van der Waals surface area contributed by atoms with Gasteiger partial charge in [0.15, 0.2) is 6.29 Å². The van der Waals surface area contributed by atoms with Crippen LogP contribution in [-0.4, -0.2) is 16.3 Å². The predicted molar refractivity (Wildman–Crippen MR) is 79.8 cm³/mol. The molecule has 0 saturated carbocycles. The number of rotatable bonds is 3. The van der Waals surface area contributed by atoms with Crippen LogP contribution in [0.4, 0.5) is 17.6 Å². The van der Waals surface area contributed by atoms with Crippen LogP contribution < -0.4 is 0 Å². The Balaban J connectivity index is 2.01. The van der Waals surface area contributed by atoms with Gasteiger partial charge in [-0.2, -0.15) is 13.2 Å². The van der Waals surface area contributed by atoms with E-state index in [1.54, 1.807) is 0 Å². The summed E-state index contributed by atoms with van der Waals surface area (Å²) in [7, 11) is 0. The van der Waals surface area contributed by atoms with Gasteiger partial charge < -0.3 is 4.98 Å². The minimum Gasteiger partial charge on any atom is -0.335 e. The number of carbonyl (C=O) groups is 1. The fraction of sp³-hybridized carbons (Fsp3) is 0.0588. The van der Waals surface area contributed by atoms with Gasteiger partial charge in [-0.1, -0.05) is 12.1 Å². The molecule has 122 valence electrons. The van der Waals surface area contributed by atoms with Crippen LogP contribution in [0.1, 0.15) is 16.1 Å². The Labute approximate surface area is 134 Å². The Morgan fingerprint density at radius 2 is 1.50 bits per heavy atom. The molecule has 1 heterocycles. The Kier molecular flexibility index (Phi) is 3.92. The highest BCUT2D eigenvalue weighted by Crippen LogP contribution is 2.31. The molecule has 0 spiro atoms. The zero-order valence-electron chi connectivity index (χ0n) is 12.1. The first-order valence-corrected chi connectivity index (χ1v) is 6.87. The largest absolute Gasteiger partial charge is 0.416 e. The van der Waals surface area contributed by atoms with E-state index >= 15 is 0 Å². The van der Waals surface area contributed by atoms with Crippen molar-refractivity contribution in [2.45, 2.75) is 6.18 Å².